The number of nitriles is 1. The van der Waals surface area contributed by atoms with Crippen molar-refractivity contribution in [3.05, 3.63) is 29.8 Å². The highest BCUT2D eigenvalue weighted by molar-refractivity contribution is 5.93. The van der Waals surface area contributed by atoms with Crippen molar-refractivity contribution in [3.63, 3.8) is 0 Å². The molecule has 0 bridgehead atoms. The van der Waals surface area contributed by atoms with E-state index >= 15 is 0 Å². The van der Waals surface area contributed by atoms with Gasteiger partial charge in [0.1, 0.15) is 6.07 Å². The molecular formula is C15H15F3N2O. The van der Waals surface area contributed by atoms with Crippen molar-refractivity contribution in [3.8, 4) is 6.07 Å². The van der Waals surface area contributed by atoms with Crippen molar-refractivity contribution in [2.75, 3.05) is 5.32 Å². The van der Waals surface area contributed by atoms with Gasteiger partial charge in [0.05, 0.1) is 17.2 Å². The fourth-order valence-electron chi connectivity index (χ4n) is 2.65. The van der Waals surface area contributed by atoms with Crippen LogP contribution in [-0.4, -0.2) is 12.1 Å². The lowest BCUT2D eigenvalue weighted by atomic mass is 9.80. The quantitative estimate of drug-likeness (QED) is 0.900. The number of rotatable bonds is 2. The molecule has 1 N–H and O–H groups in total. The van der Waals surface area contributed by atoms with Crippen LogP contribution < -0.4 is 5.32 Å². The second kappa shape index (κ2) is 6.17. The topological polar surface area (TPSA) is 52.9 Å². The van der Waals surface area contributed by atoms with Crippen LogP contribution in [-0.2, 0) is 4.79 Å². The standard InChI is InChI=1S/C15H15F3N2O/c16-15(17,18)12-6-3-5-10(8-12)14(21)20-13-7-2-1-4-11(13)9-19/h1-2,4,7,10,12H,3,5-6,8H2,(H,20,21)/t10-,12-/m1/s1. The van der Waals surface area contributed by atoms with E-state index in [1.807, 2.05) is 6.07 Å². The van der Waals surface area contributed by atoms with Gasteiger partial charge < -0.3 is 5.32 Å². The molecule has 0 heterocycles. The maximum absolute atomic E-state index is 12.7. The number of nitrogens with one attached hydrogen (secondary N) is 1. The Morgan fingerprint density at radius 1 is 1.29 bits per heavy atom. The highest BCUT2D eigenvalue weighted by atomic mass is 19.4. The van der Waals surface area contributed by atoms with Gasteiger partial charge in [-0.1, -0.05) is 18.6 Å². The summed E-state index contributed by atoms with van der Waals surface area (Å²) in [4.78, 5) is 12.1. The van der Waals surface area contributed by atoms with Crippen molar-refractivity contribution < 1.29 is 18.0 Å². The lowest BCUT2D eigenvalue weighted by Crippen LogP contribution is -2.34. The molecule has 0 radical (unpaired) electrons. The van der Waals surface area contributed by atoms with Gasteiger partial charge in [0, 0.05) is 5.92 Å². The molecule has 2 rings (SSSR count). The summed E-state index contributed by atoms with van der Waals surface area (Å²) in [7, 11) is 0. The Kier molecular flexibility index (Phi) is 4.51. The van der Waals surface area contributed by atoms with Crippen molar-refractivity contribution in [2.45, 2.75) is 31.9 Å². The van der Waals surface area contributed by atoms with Crippen LogP contribution in [0, 0.1) is 23.2 Å². The number of para-hydroxylation sites is 1. The molecule has 1 saturated carbocycles. The first-order valence-electron chi connectivity index (χ1n) is 6.78. The minimum atomic E-state index is -4.25. The molecule has 1 aromatic carbocycles. The normalized spacial score (nSPS) is 22.4. The predicted molar refractivity (Wildman–Crippen MR) is 71.3 cm³/mol. The largest absolute Gasteiger partial charge is 0.391 e. The highest BCUT2D eigenvalue weighted by Crippen LogP contribution is 2.40. The molecule has 2 atom stereocenters. The molecule has 1 fully saturated rings. The van der Waals surface area contributed by atoms with Gasteiger partial charge in [0.2, 0.25) is 5.91 Å². The summed E-state index contributed by atoms with van der Waals surface area (Å²) in [6.07, 6.45) is -3.50. The zero-order chi connectivity index (χ0) is 15.5. The first-order valence-corrected chi connectivity index (χ1v) is 6.78. The molecule has 1 aliphatic carbocycles. The van der Waals surface area contributed by atoms with Gasteiger partial charge >= 0.3 is 6.18 Å². The van der Waals surface area contributed by atoms with Gasteiger partial charge in [-0.3, -0.25) is 4.79 Å². The smallest absolute Gasteiger partial charge is 0.325 e. The molecule has 1 aliphatic rings. The van der Waals surface area contributed by atoms with E-state index in [-0.39, 0.29) is 12.8 Å². The molecule has 21 heavy (non-hydrogen) atoms. The fourth-order valence-corrected chi connectivity index (χ4v) is 2.65. The van der Waals surface area contributed by atoms with Crippen LogP contribution in [0.4, 0.5) is 18.9 Å². The molecule has 0 aromatic heterocycles. The molecule has 112 valence electrons. The molecule has 1 aromatic rings. The van der Waals surface area contributed by atoms with Gasteiger partial charge in [0.25, 0.3) is 0 Å². The third kappa shape index (κ3) is 3.75. The summed E-state index contributed by atoms with van der Waals surface area (Å²) < 4.78 is 38.2. The first-order chi connectivity index (χ1) is 9.91. The van der Waals surface area contributed by atoms with Crippen LogP contribution in [0.5, 0.6) is 0 Å². The fraction of sp³-hybridized carbons (Fsp3) is 0.467. The molecule has 0 saturated heterocycles. The maximum atomic E-state index is 12.7. The Morgan fingerprint density at radius 2 is 2.00 bits per heavy atom. The van der Waals surface area contributed by atoms with Crippen LogP contribution in [0.2, 0.25) is 0 Å². The van der Waals surface area contributed by atoms with Gasteiger partial charge in [-0.2, -0.15) is 18.4 Å². The highest BCUT2D eigenvalue weighted by Gasteiger charge is 2.43. The molecule has 0 unspecified atom stereocenters. The second-order valence-electron chi connectivity index (χ2n) is 5.25. The molecule has 0 aliphatic heterocycles. The lowest BCUT2D eigenvalue weighted by molar-refractivity contribution is -0.185. The van der Waals surface area contributed by atoms with E-state index in [2.05, 4.69) is 5.32 Å². The van der Waals surface area contributed by atoms with E-state index in [0.717, 1.165) is 0 Å². The number of hydrogen-bond donors (Lipinski definition) is 1. The molecule has 1 amide bonds. The van der Waals surface area contributed by atoms with Crippen molar-refractivity contribution in [2.24, 2.45) is 11.8 Å². The summed E-state index contributed by atoms with van der Waals surface area (Å²) in [5, 5.41) is 11.5. The third-order valence-electron chi connectivity index (χ3n) is 3.81. The zero-order valence-corrected chi connectivity index (χ0v) is 11.3. The first kappa shape index (κ1) is 15.4. The number of carbonyl (C=O) groups excluding carboxylic acids is 1. The van der Waals surface area contributed by atoms with E-state index in [9.17, 15) is 18.0 Å². The SMILES string of the molecule is N#Cc1ccccc1NC(=O)[C@@H]1CCC[C@@H](C(F)(F)F)C1. The van der Waals surface area contributed by atoms with Gasteiger partial charge in [-0.15, -0.1) is 0 Å². The monoisotopic (exact) mass is 296 g/mol. The average molecular weight is 296 g/mol. The summed E-state index contributed by atoms with van der Waals surface area (Å²) >= 11 is 0. The minimum Gasteiger partial charge on any atom is -0.325 e. The summed E-state index contributed by atoms with van der Waals surface area (Å²) in [5.41, 5.74) is 0.646. The van der Waals surface area contributed by atoms with Crippen molar-refractivity contribution in [1.29, 1.82) is 5.26 Å². The molecule has 0 spiro atoms. The van der Waals surface area contributed by atoms with E-state index in [4.69, 9.17) is 5.26 Å². The average Bonchev–Trinajstić information content (AvgIpc) is 2.47. The number of halogens is 3. The van der Waals surface area contributed by atoms with E-state index < -0.39 is 23.9 Å². The van der Waals surface area contributed by atoms with Crippen LogP contribution >= 0.6 is 0 Å². The number of benzene rings is 1. The summed E-state index contributed by atoms with van der Waals surface area (Å²) in [6, 6.07) is 8.39. The molecular weight excluding hydrogens is 281 g/mol. The summed E-state index contributed by atoms with van der Waals surface area (Å²) in [5.74, 6) is -2.50. The number of nitrogens with zero attached hydrogens (tertiary/aromatic N) is 1. The zero-order valence-electron chi connectivity index (χ0n) is 11.3. The third-order valence-corrected chi connectivity index (χ3v) is 3.81. The number of amides is 1. The van der Waals surface area contributed by atoms with E-state index in [1.54, 1.807) is 24.3 Å². The Hall–Kier alpha value is -2.03. The van der Waals surface area contributed by atoms with Crippen LogP contribution in [0.15, 0.2) is 24.3 Å². The number of alkyl halides is 3. The number of carbonyl (C=O) groups is 1. The number of anilines is 1. The molecule has 6 heteroatoms. The Bertz CT molecular complexity index is 563. The van der Waals surface area contributed by atoms with Crippen molar-refractivity contribution >= 4 is 11.6 Å². The minimum absolute atomic E-state index is 0.0854. The predicted octanol–water partition coefficient (Wildman–Crippen LogP) is 3.87. The second-order valence-corrected chi connectivity index (χ2v) is 5.25. The van der Waals surface area contributed by atoms with Gasteiger partial charge in [-0.05, 0) is 31.4 Å². The maximum Gasteiger partial charge on any atom is 0.391 e. The van der Waals surface area contributed by atoms with Crippen LogP contribution in [0.1, 0.15) is 31.2 Å². The Labute approximate surface area is 120 Å². The van der Waals surface area contributed by atoms with Gasteiger partial charge in [0.15, 0.2) is 0 Å². The lowest BCUT2D eigenvalue weighted by Gasteiger charge is -2.29. The van der Waals surface area contributed by atoms with Gasteiger partial charge in [-0.25, -0.2) is 0 Å². The van der Waals surface area contributed by atoms with E-state index in [0.29, 0.717) is 24.1 Å². The van der Waals surface area contributed by atoms with Crippen LogP contribution in [0.25, 0.3) is 0 Å². The Balaban J connectivity index is 2.05. The molecule has 3 nitrogen and oxygen atoms in total. The van der Waals surface area contributed by atoms with E-state index in [1.165, 1.54) is 0 Å². The Morgan fingerprint density at radius 3 is 2.67 bits per heavy atom. The summed E-state index contributed by atoms with van der Waals surface area (Å²) in [6.45, 7) is 0. The van der Waals surface area contributed by atoms with Crippen molar-refractivity contribution in [1.82, 2.24) is 0 Å². The van der Waals surface area contributed by atoms with Crippen LogP contribution in [0.3, 0.4) is 0 Å². The number of hydrogen-bond acceptors (Lipinski definition) is 2.